The Hall–Kier alpha value is -0.170. The summed E-state index contributed by atoms with van der Waals surface area (Å²) in [5, 5.41) is 3.42. The van der Waals surface area contributed by atoms with Crippen LogP contribution in [0.1, 0.15) is 47.0 Å². The number of rotatable bonds is 7. The van der Waals surface area contributed by atoms with E-state index in [0.717, 1.165) is 25.8 Å². The summed E-state index contributed by atoms with van der Waals surface area (Å²) < 4.78 is 29.3. The van der Waals surface area contributed by atoms with Crippen molar-refractivity contribution in [2.75, 3.05) is 26.2 Å². The summed E-state index contributed by atoms with van der Waals surface area (Å²) in [6.45, 7) is 11.4. The van der Waals surface area contributed by atoms with Crippen molar-refractivity contribution in [1.29, 1.82) is 0 Å². The van der Waals surface area contributed by atoms with Crippen LogP contribution in [0.25, 0.3) is 0 Å². The molecule has 2 aliphatic rings. The van der Waals surface area contributed by atoms with Gasteiger partial charge in [0.15, 0.2) is 0 Å². The number of hydrogen-bond acceptors (Lipinski definition) is 3. The van der Waals surface area contributed by atoms with Crippen molar-refractivity contribution in [3.63, 3.8) is 0 Å². The molecule has 1 aliphatic heterocycles. The van der Waals surface area contributed by atoms with E-state index in [9.17, 15) is 8.42 Å². The van der Waals surface area contributed by atoms with Crippen LogP contribution in [0.5, 0.6) is 0 Å². The lowest BCUT2D eigenvalue weighted by Gasteiger charge is -2.32. The van der Waals surface area contributed by atoms with Gasteiger partial charge >= 0.3 is 0 Å². The zero-order chi connectivity index (χ0) is 15.7. The molecule has 2 N–H and O–H groups in total. The number of piperidine rings is 1. The van der Waals surface area contributed by atoms with Crippen LogP contribution in [0.15, 0.2) is 0 Å². The lowest BCUT2D eigenvalue weighted by molar-refractivity contribution is 0.254. The minimum absolute atomic E-state index is 0.314. The van der Waals surface area contributed by atoms with Crippen LogP contribution < -0.4 is 10.0 Å². The van der Waals surface area contributed by atoms with Crippen LogP contribution in [0.4, 0.5) is 0 Å². The highest BCUT2D eigenvalue weighted by Gasteiger charge is 2.45. The minimum Gasteiger partial charge on any atom is -0.314 e. The molecule has 0 amide bonds. The molecule has 6 heteroatoms. The zero-order valence-corrected chi connectivity index (χ0v) is 14.7. The van der Waals surface area contributed by atoms with Crippen LogP contribution in [-0.4, -0.2) is 44.9 Å². The second-order valence-corrected chi connectivity index (χ2v) is 9.43. The van der Waals surface area contributed by atoms with Gasteiger partial charge in [0, 0.05) is 25.7 Å². The van der Waals surface area contributed by atoms with Gasteiger partial charge in [-0.2, -0.15) is 12.7 Å². The van der Waals surface area contributed by atoms with Gasteiger partial charge in [-0.25, -0.2) is 4.72 Å². The third-order valence-corrected chi connectivity index (χ3v) is 6.41. The number of nitrogens with one attached hydrogen (secondary N) is 2. The highest BCUT2D eigenvalue weighted by atomic mass is 32.2. The Morgan fingerprint density at radius 1 is 1.29 bits per heavy atom. The predicted octanol–water partition coefficient (Wildman–Crippen LogP) is 1.58. The summed E-state index contributed by atoms with van der Waals surface area (Å²) in [6, 6.07) is 0.451. The third-order valence-electron chi connectivity index (χ3n) is 4.87. The Balaban J connectivity index is 1.81. The average molecular weight is 317 g/mol. The summed E-state index contributed by atoms with van der Waals surface area (Å²) in [5.41, 5.74) is 0.314. The molecule has 1 aliphatic carbocycles. The van der Waals surface area contributed by atoms with E-state index in [0.29, 0.717) is 42.9 Å². The minimum atomic E-state index is -3.30. The summed E-state index contributed by atoms with van der Waals surface area (Å²) in [4.78, 5) is 0. The molecule has 1 heterocycles. The molecule has 0 aromatic rings. The van der Waals surface area contributed by atoms with E-state index >= 15 is 0 Å². The first-order valence-electron chi connectivity index (χ1n) is 8.19. The summed E-state index contributed by atoms with van der Waals surface area (Å²) in [7, 11) is -3.30. The van der Waals surface area contributed by atoms with Crippen molar-refractivity contribution in [2.24, 2.45) is 17.3 Å². The van der Waals surface area contributed by atoms with Crippen molar-refractivity contribution in [3.05, 3.63) is 0 Å². The molecule has 0 spiro atoms. The SMILES string of the molecule is CC(C)NCC1CCCN(S(=O)(=O)NCC2CC2(C)C)C1. The molecule has 5 nitrogen and oxygen atoms in total. The Kier molecular flexibility index (Phi) is 5.34. The number of hydrogen-bond donors (Lipinski definition) is 2. The molecule has 0 aromatic carbocycles. The quantitative estimate of drug-likeness (QED) is 0.749. The van der Waals surface area contributed by atoms with Gasteiger partial charge in [-0.15, -0.1) is 0 Å². The molecule has 0 bridgehead atoms. The Bertz CT molecular complexity index is 448. The van der Waals surface area contributed by atoms with Crippen LogP contribution in [0.2, 0.25) is 0 Å². The van der Waals surface area contributed by atoms with Crippen LogP contribution in [0, 0.1) is 17.3 Å². The normalized spacial score (nSPS) is 29.8. The molecule has 2 rings (SSSR count). The standard InChI is InChI=1S/C15H31N3O2S/c1-12(2)16-9-13-6-5-7-18(11-13)21(19,20)17-10-14-8-15(14,3)4/h12-14,16-17H,5-11H2,1-4H3. The van der Waals surface area contributed by atoms with E-state index < -0.39 is 10.2 Å². The van der Waals surface area contributed by atoms with Gasteiger partial charge < -0.3 is 5.32 Å². The van der Waals surface area contributed by atoms with Crippen molar-refractivity contribution in [1.82, 2.24) is 14.3 Å². The molecule has 124 valence electrons. The molecule has 0 aromatic heterocycles. The van der Waals surface area contributed by atoms with Crippen molar-refractivity contribution in [3.8, 4) is 0 Å². The van der Waals surface area contributed by atoms with Crippen molar-refractivity contribution >= 4 is 10.2 Å². The second kappa shape index (κ2) is 6.52. The lowest BCUT2D eigenvalue weighted by atomic mass is 9.99. The Morgan fingerprint density at radius 2 is 1.95 bits per heavy atom. The van der Waals surface area contributed by atoms with Crippen LogP contribution >= 0.6 is 0 Å². The fourth-order valence-electron chi connectivity index (χ4n) is 3.04. The van der Waals surface area contributed by atoms with Gasteiger partial charge in [0.25, 0.3) is 10.2 Å². The smallest absolute Gasteiger partial charge is 0.279 e. The van der Waals surface area contributed by atoms with E-state index in [1.165, 1.54) is 0 Å². The highest BCUT2D eigenvalue weighted by Crippen LogP contribution is 2.51. The van der Waals surface area contributed by atoms with Gasteiger partial charge in [-0.05, 0) is 43.1 Å². The fraction of sp³-hybridized carbons (Fsp3) is 1.00. The van der Waals surface area contributed by atoms with Gasteiger partial charge in [-0.1, -0.05) is 27.7 Å². The average Bonchev–Trinajstić information content (AvgIpc) is 3.02. The first kappa shape index (κ1) is 17.2. The molecule has 0 radical (unpaired) electrons. The van der Waals surface area contributed by atoms with E-state index in [4.69, 9.17) is 0 Å². The van der Waals surface area contributed by atoms with Crippen molar-refractivity contribution < 1.29 is 8.42 Å². The summed E-state index contributed by atoms with van der Waals surface area (Å²) >= 11 is 0. The van der Waals surface area contributed by atoms with Crippen LogP contribution in [-0.2, 0) is 10.2 Å². The molecular weight excluding hydrogens is 286 g/mol. The van der Waals surface area contributed by atoms with Gasteiger partial charge in [0.2, 0.25) is 0 Å². The first-order valence-corrected chi connectivity index (χ1v) is 9.63. The molecule has 2 fully saturated rings. The van der Waals surface area contributed by atoms with Crippen LogP contribution in [0.3, 0.4) is 0 Å². The van der Waals surface area contributed by atoms with Gasteiger partial charge in [-0.3, -0.25) is 0 Å². The molecule has 1 saturated heterocycles. The molecular formula is C15H31N3O2S. The van der Waals surface area contributed by atoms with E-state index in [-0.39, 0.29) is 0 Å². The number of nitrogens with zero attached hydrogens (tertiary/aromatic N) is 1. The van der Waals surface area contributed by atoms with E-state index in [1.54, 1.807) is 4.31 Å². The van der Waals surface area contributed by atoms with Gasteiger partial charge in [0.05, 0.1) is 0 Å². The molecule has 1 saturated carbocycles. The van der Waals surface area contributed by atoms with Gasteiger partial charge in [0.1, 0.15) is 0 Å². The fourth-order valence-corrected chi connectivity index (χ4v) is 4.41. The van der Waals surface area contributed by atoms with Crippen molar-refractivity contribution in [2.45, 2.75) is 53.0 Å². The maximum Gasteiger partial charge on any atom is 0.279 e. The second-order valence-electron chi connectivity index (χ2n) is 7.67. The lowest BCUT2D eigenvalue weighted by Crippen LogP contribution is -2.48. The molecule has 2 unspecified atom stereocenters. The summed E-state index contributed by atoms with van der Waals surface area (Å²) in [6.07, 6.45) is 3.19. The monoisotopic (exact) mass is 317 g/mol. The largest absolute Gasteiger partial charge is 0.314 e. The predicted molar refractivity (Wildman–Crippen MR) is 86.2 cm³/mol. The zero-order valence-electron chi connectivity index (χ0n) is 13.9. The maximum absolute atomic E-state index is 12.4. The topological polar surface area (TPSA) is 61.4 Å². The molecule has 21 heavy (non-hydrogen) atoms. The highest BCUT2D eigenvalue weighted by molar-refractivity contribution is 7.87. The molecule has 2 atom stereocenters. The first-order chi connectivity index (χ1) is 9.71. The Morgan fingerprint density at radius 3 is 2.52 bits per heavy atom. The third kappa shape index (κ3) is 4.91. The maximum atomic E-state index is 12.4. The van der Waals surface area contributed by atoms with E-state index in [1.807, 2.05) is 0 Å². The van der Waals surface area contributed by atoms with E-state index in [2.05, 4.69) is 37.7 Å². The summed E-state index contributed by atoms with van der Waals surface area (Å²) in [5.74, 6) is 0.922. The Labute approximate surface area is 130 Å².